The van der Waals surface area contributed by atoms with Crippen LogP contribution < -0.4 is 5.73 Å². The monoisotopic (exact) mass is 268 g/mol. The van der Waals surface area contributed by atoms with Crippen molar-refractivity contribution >= 4 is 40.8 Å². The number of hydrogen-bond donors (Lipinski definition) is 1. The van der Waals surface area contributed by atoms with Crippen molar-refractivity contribution in [3.63, 3.8) is 0 Å². The maximum atomic E-state index is 11.2. The number of ether oxygens (including phenoxy) is 1. The number of nitrogens with two attached hydrogens (primary N) is 1. The first kappa shape index (κ1) is 14.1. The minimum atomic E-state index is -2.02. The Morgan fingerprint density at radius 3 is 2.47 bits per heavy atom. The number of esters is 1. The van der Waals surface area contributed by atoms with Crippen LogP contribution in [0.5, 0.6) is 0 Å². The molecule has 82 valence electrons. The van der Waals surface area contributed by atoms with Crippen LogP contribution in [0.25, 0.3) is 0 Å². The number of alkyl halides is 3. The highest BCUT2D eigenvalue weighted by atomic mass is 35.6. The zero-order valence-electron chi connectivity index (χ0n) is 7.47. The topological polar surface area (TPSA) is 76.1 Å². The van der Waals surface area contributed by atoms with Gasteiger partial charge in [-0.1, -0.05) is 47.5 Å². The van der Waals surface area contributed by atoms with E-state index in [0.29, 0.717) is 0 Å². The summed E-state index contributed by atoms with van der Waals surface area (Å²) in [4.78, 5) is 11.2. The molecule has 7 heteroatoms. The fourth-order valence-corrected chi connectivity index (χ4v) is 0.848. The third-order valence-corrected chi connectivity index (χ3v) is 1.83. The van der Waals surface area contributed by atoms with Crippen molar-refractivity contribution in [2.45, 2.75) is 3.79 Å². The smallest absolute Gasteiger partial charge is 0.351 e. The summed E-state index contributed by atoms with van der Waals surface area (Å²) in [6.07, 6.45) is 1.33. The highest BCUT2D eigenvalue weighted by Crippen LogP contribution is 2.33. The zero-order valence-corrected chi connectivity index (χ0v) is 9.73. The molecule has 4 nitrogen and oxygen atoms in total. The normalized spacial score (nSPS) is 12.4. The highest BCUT2D eigenvalue weighted by molar-refractivity contribution is 6.69. The Morgan fingerprint density at radius 2 is 2.13 bits per heavy atom. The summed E-state index contributed by atoms with van der Waals surface area (Å²) in [6.45, 7) is 3.27. The lowest BCUT2D eigenvalue weighted by molar-refractivity contribution is -0.137. The van der Waals surface area contributed by atoms with E-state index in [1.807, 2.05) is 0 Å². The number of hydrogen-bond acceptors (Lipinski definition) is 4. The van der Waals surface area contributed by atoms with Gasteiger partial charge in [0.15, 0.2) is 5.57 Å². The zero-order chi connectivity index (χ0) is 12.1. The third-order valence-electron chi connectivity index (χ3n) is 1.22. The number of carbonyl (C=O) groups is 1. The summed E-state index contributed by atoms with van der Waals surface area (Å²) < 4.78 is 2.55. The number of carbonyl (C=O) groups excluding carboxylic acids is 1. The van der Waals surface area contributed by atoms with Gasteiger partial charge in [-0.15, -0.1) is 0 Å². The van der Waals surface area contributed by atoms with E-state index in [0.717, 1.165) is 0 Å². The molecule has 2 N–H and O–H groups in total. The average molecular weight is 270 g/mol. The van der Waals surface area contributed by atoms with Crippen LogP contribution in [0.2, 0.25) is 0 Å². The van der Waals surface area contributed by atoms with E-state index >= 15 is 0 Å². The van der Waals surface area contributed by atoms with Crippen molar-refractivity contribution in [1.29, 1.82) is 5.26 Å². The number of allylic oxidation sites excluding steroid dienone is 1. The molecule has 0 unspecified atom stereocenters. The molecule has 0 saturated carbocycles. The summed E-state index contributed by atoms with van der Waals surface area (Å²) in [5.74, 6) is -0.957. The number of nitriles is 1. The van der Waals surface area contributed by atoms with Gasteiger partial charge < -0.3 is 10.5 Å². The van der Waals surface area contributed by atoms with Gasteiger partial charge in [-0.2, -0.15) is 5.26 Å². The molecule has 0 spiro atoms. The predicted octanol–water partition coefficient (Wildman–Crippen LogP) is 1.82. The lowest BCUT2D eigenvalue weighted by Gasteiger charge is -2.12. The van der Waals surface area contributed by atoms with Crippen molar-refractivity contribution in [2.75, 3.05) is 6.61 Å². The first-order chi connectivity index (χ1) is 6.84. The molecule has 0 heterocycles. The van der Waals surface area contributed by atoms with Crippen molar-refractivity contribution in [1.82, 2.24) is 0 Å². The summed E-state index contributed by atoms with van der Waals surface area (Å²) in [7, 11) is 0. The molecule has 0 saturated heterocycles. The fraction of sp³-hybridized carbons (Fsp3) is 0.250. The maximum absolute atomic E-state index is 11.2. The first-order valence-corrected chi connectivity index (χ1v) is 4.73. The lowest BCUT2D eigenvalue weighted by Crippen LogP contribution is -2.22. The minimum Gasteiger partial charge on any atom is -0.457 e. The van der Waals surface area contributed by atoms with Gasteiger partial charge in [-0.25, -0.2) is 4.79 Å². The van der Waals surface area contributed by atoms with Crippen LogP contribution in [0.15, 0.2) is 23.9 Å². The molecule has 0 aliphatic heterocycles. The van der Waals surface area contributed by atoms with Crippen molar-refractivity contribution < 1.29 is 9.53 Å². The van der Waals surface area contributed by atoms with Crippen LogP contribution in [0, 0.1) is 11.3 Å². The van der Waals surface area contributed by atoms with E-state index in [1.165, 1.54) is 12.1 Å². The first-order valence-electron chi connectivity index (χ1n) is 3.59. The Kier molecular flexibility index (Phi) is 5.51. The second-order valence-electron chi connectivity index (χ2n) is 2.29. The van der Waals surface area contributed by atoms with Gasteiger partial charge in [0.2, 0.25) is 3.79 Å². The van der Waals surface area contributed by atoms with Gasteiger partial charge >= 0.3 is 5.97 Å². The van der Waals surface area contributed by atoms with Crippen molar-refractivity contribution in [3.05, 3.63) is 23.9 Å². The molecule has 0 fully saturated rings. The summed E-state index contributed by atoms with van der Waals surface area (Å²) >= 11 is 16.2. The van der Waals surface area contributed by atoms with Gasteiger partial charge in [-0.3, -0.25) is 0 Å². The second kappa shape index (κ2) is 5.86. The van der Waals surface area contributed by atoms with Crippen molar-refractivity contribution in [3.8, 4) is 6.07 Å². The van der Waals surface area contributed by atoms with Gasteiger partial charge in [0.25, 0.3) is 0 Å². The lowest BCUT2D eigenvalue weighted by atomic mass is 10.2. The van der Waals surface area contributed by atoms with E-state index in [9.17, 15) is 4.79 Å². The molecular formula is C8H7Cl3N2O2. The number of nitrogens with zero attached hydrogens (tertiary/aromatic N) is 1. The molecule has 0 atom stereocenters. The van der Waals surface area contributed by atoms with E-state index in [4.69, 9.17) is 45.8 Å². The van der Waals surface area contributed by atoms with E-state index < -0.39 is 21.0 Å². The van der Waals surface area contributed by atoms with Crippen LogP contribution in [0.4, 0.5) is 0 Å². The molecule has 0 aromatic rings. The molecule has 0 radical (unpaired) electrons. The maximum Gasteiger partial charge on any atom is 0.351 e. The van der Waals surface area contributed by atoms with E-state index in [-0.39, 0.29) is 6.61 Å². The molecule has 15 heavy (non-hydrogen) atoms. The molecule has 0 bridgehead atoms. The largest absolute Gasteiger partial charge is 0.457 e. The quantitative estimate of drug-likeness (QED) is 0.279. The Hall–Kier alpha value is -0.890. The molecule has 0 aromatic heterocycles. The van der Waals surface area contributed by atoms with Gasteiger partial charge in [0.1, 0.15) is 12.7 Å². The van der Waals surface area contributed by atoms with Gasteiger partial charge in [0, 0.05) is 0 Å². The molecular weight excluding hydrogens is 262 g/mol. The van der Waals surface area contributed by atoms with Crippen LogP contribution in [0.3, 0.4) is 0 Å². The van der Waals surface area contributed by atoms with Crippen LogP contribution in [-0.4, -0.2) is 16.4 Å². The molecule has 0 aliphatic rings. The Bertz CT molecular complexity index is 339. The molecule has 0 rings (SSSR count). The molecule has 0 aromatic carbocycles. The Morgan fingerprint density at radius 1 is 1.60 bits per heavy atom. The van der Waals surface area contributed by atoms with Crippen LogP contribution >= 0.6 is 34.8 Å². The highest BCUT2D eigenvalue weighted by Gasteiger charge is 2.30. The van der Waals surface area contributed by atoms with Gasteiger partial charge in [-0.05, 0) is 0 Å². The number of rotatable bonds is 3. The second-order valence-corrected chi connectivity index (χ2v) is 4.57. The van der Waals surface area contributed by atoms with Crippen molar-refractivity contribution in [2.24, 2.45) is 5.73 Å². The van der Waals surface area contributed by atoms with Gasteiger partial charge in [0.05, 0.1) is 5.70 Å². The summed E-state index contributed by atoms with van der Waals surface area (Å²) in [6, 6.07) is 1.51. The van der Waals surface area contributed by atoms with E-state index in [1.54, 1.807) is 0 Å². The standard InChI is InChI=1S/C8H7Cl3N2O2/c1-2-3-15-7(14)5(4-12)6(13)8(9,10)11/h2H,1,3,13H2/b6-5+. The van der Waals surface area contributed by atoms with Crippen LogP contribution in [-0.2, 0) is 9.53 Å². The minimum absolute atomic E-state index is 0.0584. The Balaban J connectivity index is 5.00. The molecule has 0 aliphatic carbocycles. The predicted molar refractivity (Wildman–Crippen MR) is 58.3 cm³/mol. The third kappa shape index (κ3) is 4.43. The van der Waals surface area contributed by atoms with Crippen LogP contribution in [0.1, 0.15) is 0 Å². The SMILES string of the molecule is C=CCOC(=O)/C(C#N)=C(/N)C(Cl)(Cl)Cl. The fourth-order valence-electron chi connectivity index (χ4n) is 0.564. The summed E-state index contributed by atoms with van der Waals surface area (Å²) in [5, 5.41) is 8.64. The summed E-state index contributed by atoms with van der Waals surface area (Å²) in [5.41, 5.74) is 4.31. The Labute approximate surface area is 102 Å². The van der Waals surface area contributed by atoms with E-state index in [2.05, 4.69) is 11.3 Å². The number of halogens is 3. The molecule has 0 amide bonds. The average Bonchev–Trinajstić information content (AvgIpc) is 2.14.